The van der Waals surface area contributed by atoms with Crippen LogP contribution in [0.1, 0.15) is 22.7 Å². The van der Waals surface area contributed by atoms with Crippen molar-refractivity contribution >= 4 is 11.1 Å². The van der Waals surface area contributed by atoms with E-state index in [0.717, 1.165) is 0 Å². The van der Waals surface area contributed by atoms with Crippen LogP contribution in [0.3, 0.4) is 0 Å². The number of nitrogens with two attached hydrogens (primary N) is 1. The molecule has 4 nitrogen and oxygen atoms in total. The van der Waals surface area contributed by atoms with Gasteiger partial charge >= 0.3 is 5.76 Å². The van der Waals surface area contributed by atoms with Crippen LogP contribution in [0.25, 0.3) is 11.1 Å². The summed E-state index contributed by atoms with van der Waals surface area (Å²) in [7, 11) is 0. The number of aromatic amines is 1. The van der Waals surface area contributed by atoms with Gasteiger partial charge < -0.3 is 10.2 Å². The maximum atomic E-state index is 14.1. The van der Waals surface area contributed by atoms with Crippen LogP contribution in [0, 0.1) is 12.7 Å². The molecule has 0 radical (unpaired) electrons. The molecule has 102 valence electrons. The van der Waals surface area contributed by atoms with Gasteiger partial charge in [0.25, 0.3) is 0 Å². The Morgan fingerprint density at radius 1 is 1.30 bits per heavy atom. The Bertz CT molecular complexity index is 835. The number of hydrogen-bond donors (Lipinski definition) is 2. The van der Waals surface area contributed by atoms with Crippen molar-refractivity contribution in [2.45, 2.75) is 13.0 Å². The van der Waals surface area contributed by atoms with Crippen molar-refractivity contribution in [3.05, 3.63) is 69.5 Å². The third-order valence-electron chi connectivity index (χ3n) is 3.36. The van der Waals surface area contributed by atoms with E-state index in [2.05, 4.69) is 4.98 Å². The Kier molecular flexibility index (Phi) is 2.91. The van der Waals surface area contributed by atoms with Crippen LogP contribution in [0.15, 0.2) is 45.6 Å². The highest BCUT2D eigenvalue weighted by atomic mass is 19.1. The molecule has 3 N–H and O–H groups in total. The van der Waals surface area contributed by atoms with Gasteiger partial charge in [0.1, 0.15) is 5.82 Å². The van der Waals surface area contributed by atoms with Gasteiger partial charge in [-0.15, -0.1) is 0 Å². The molecule has 20 heavy (non-hydrogen) atoms. The molecule has 1 heterocycles. The summed E-state index contributed by atoms with van der Waals surface area (Å²) in [5.41, 5.74) is 8.77. The highest BCUT2D eigenvalue weighted by Gasteiger charge is 2.16. The number of benzene rings is 2. The molecule has 2 aromatic carbocycles. The van der Waals surface area contributed by atoms with Crippen LogP contribution < -0.4 is 11.5 Å². The fraction of sp³-hybridized carbons (Fsp3) is 0.133. The minimum Gasteiger partial charge on any atom is -0.408 e. The summed E-state index contributed by atoms with van der Waals surface area (Å²) >= 11 is 0. The second kappa shape index (κ2) is 4.61. The third-order valence-corrected chi connectivity index (χ3v) is 3.36. The van der Waals surface area contributed by atoms with Gasteiger partial charge in [-0.25, -0.2) is 9.18 Å². The minimum absolute atomic E-state index is 0.310. The summed E-state index contributed by atoms with van der Waals surface area (Å²) in [6, 6.07) is 9.61. The SMILES string of the molecule is Cc1cccc(C(N)c2ccc3[nH]c(=O)oc3c2)c1F. The first kappa shape index (κ1) is 12.6. The van der Waals surface area contributed by atoms with E-state index >= 15 is 0 Å². The van der Waals surface area contributed by atoms with Crippen molar-refractivity contribution in [3.8, 4) is 0 Å². The summed E-state index contributed by atoms with van der Waals surface area (Å²) in [5, 5.41) is 0. The van der Waals surface area contributed by atoms with Crippen LogP contribution in [-0.2, 0) is 0 Å². The van der Waals surface area contributed by atoms with Gasteiger partial charge in [0.15, 0.2) is 5.58 Å². The molecule has 5 heteroatoms. The van der Waals surface area contributed by atoms with E-state index in [1.165, 1.54) is 0 Å². The number of nitrogens with one attached hydrogen (secondary N) is 1. The lowest BCUT2D eigenvalue weighted by atomic mass is 9.97. The molecule has 0 aliphatic rings. The number of rotatable bonds is 2. The standard InChI is InChI=1S/C15H13FN2O2/c1-8-3-2-4-10(13(8)16)14(17)9-5-6-11-12(7-9)20-15(19)18-11/h2-7,14H,17H2,1H3,(H,18,19). The van der Waals surface area contributed by atoms with E-state index < -0.39 is 11.8 Å². The number of oxazole rings is 1. The topological polar surface area (TPSA) is 72.0 Å². The molecule has 3 rings (SSSR count). The maximum Gasteiger partial charge on any atom is 0.417 e. The van der Waals surface area contributed by atoms with Crippen LogP contribution in [0.2, 0.25) is 0 Å². The van der Waals surface area contributed by atoms with E-state index in [1.54, 1.807) is 43.3 Å². The molecule has 1 unspecified atom stereocenters. The molecule has 0 aliphatic heterocycles. The normalized spacial score (nSPS) is 12.8. The van der Waals surface area contributed by atoms with E-state index in [4.69, 9.17) is 10.2 Å². The van der Waals surface area contributed by atoms with Gasteiger partial charge in [-0.05, 0) is 30.2 Å². The highest BCUT2D eigenvalue weighted by Crippen LogP contribution is 2.25. The van der Waals surface area contributed by atoms with Crippen LogP contribution >= 0.6 is 0 Å². The zero-order chi connectivity index (χ0) is 14.3. The number of halogens is 1. The molecule has 0 fully saturated rings. The zero-order valence-electron chi connectivity index (χ0n) is 10.8. The van der Waals surface area contributed by atoms with Crippen LogP contribution in [-0.4, -0.2) is 4.98 Å². The lowest BCUT2D eigenvalue weighted by Crippen LogP contribution is -2.14. The first-order valence-electron chi connectivity index (χ1n) is 6.19. The lowest BCUT2D eigenvalue weighted by molar-refractivity contribution is 0.554. The predicted molar refractivity (Wildman–Crippen MR) is 74.0 cm³/mol. The van der Waals surface area contributed by atoms with E-state index in [-0.39, 0.29) is 5.82 Å². The van der Waals surface area contributed by atoms with Gasteiger partial charge in [-0.1, -0.05) is 24.3 Å². The van der Waals surface area contributed by atoms with Gasteiger partial charge in [0.2, 0.25) is 0 Å². The molecule has 0 aliphatic carbocycles. The first-order chi connectivity index (χ1) is 9.56. The molecule has 0 saturated carbocycles. The van der Waals surface area contributed by atoms with E-state index in [1.807, 2.05) is 0 Å². The van der Waals surface area contributed by atoms with E-state index in [0.29, 0.717) is 27.8 Å². The van der Waals surface area contributed by atoms with Gasteiger partial charge in [0.05, 0.1) is 11.6 Å². The first-order valence-corrected chi connectivity index (χ1v) is 6.19. The molecule has 0 bridgehead atoms. The summed E-state index contributed by atoms with van der Waals surface area (Å²) < 4.78 is 19.1. The average molecular weight is 272 g/mol. The largest absolute Gasteiger partial charge is 0.417 e. The molecule has 1 atom stereocenters. The molecular formula is C15H13FN2O2. The van der Waals surface area contributed by atoms with Crippen molar-refractivity contribution in [1.82, 2.24) is 4.98 Å². The molecule has 3 aromatic rings. The van der Waals surface area contributed by atoms with Crippen molar-refractivity contribution < 1.29 is 8.81 Å². The highest BCUT2D eigenvalue weighted by molar-refractivity contribution is 5.73. The Hall–Kier alpha value is -2.40. The van der Waals surface area contributed by atoms with Crippen LogP contribution in [0.5, 0.6) is 0 Å². The van der Waals surface area contributed by atoms with E-state index in [9.17, 15) is 9.18 Å². The Morgan fingerprint density at radius 3 is 2.90 bits per heavy atom. The molecule has 1 aromatic heterocycles. The van der Waals surface area contributed by atoms with Crippen molar-refractivity contribution in [2.24, 2.45) is 5.73 Å². The number of H-pyrrole nitrogens is 1. The monoisotopic (exact) mass is 272 g/mol. The summed E-state index contributed by atoms with van der Waals surface area (Å²) in [4.78, 5) is 13.7. The van der Waals surface area contributed by atoms with Gasteiger partial charge in [0, 0.05) is 5.56 Å². The third kappa shape index (κ3) is 2.02. The van der Waals surface area contributed by atoms with Crippen molar-refractivity contribution in [2.75, 3.05) is 0 Å². The Morgan fingerprint density at radius 2 is 2.10 bits per heavy atom. The fourth-order valence-corrected chi connectivity index (χ4v) is 2.25. The fourth-order valence-electron chi connectivity index (χ4n) is 2.25. The number of fused-ring (bicyclic) bond motifs is 1. The summed E-state index contributed by atoms with van der Waals surface area (Å²) in [6.45, 7) is 1.69. The second-order valence-corrected chi connectivity index (χ2v) is 4.73. The smallest absolute Gasteiger partial charge is 0.408 e. The average Bonchev–Trinajstić information content (AvgIpc) is 2.80. The maximum absolute atomic E-state index is 14.1. The van der Waals surface area contributed by atoms with Gasteiger partial charge in [-0.2, -0.15) is 0 Å². The van der Waals surface area contributed by atoms with Crippen molar-refractivity contribution in [3.63, 3.8) is 0 Å². The summed E-state index contributed by atoms with van der Waals surface area (Å²) in [5.74, 6) is -0.830. The number of aromatic nitrogens is 1. The molecule has 0 amide bonds. The predicted octanol–water partition coefficient (Wildman–Crippen LogP) is 2.62. The Balaban J connectivity index is 2.09. The summed E-state index contributed by atoms with van der Waals surface area (Å²) in [6.07, 6.45) is 0. The zero-order valence-corrected chi connectivity index (χ0v) is 10.8. The van der Waals surface area contributed by atoms with Gasteiger partial charge in [-0.3, -0.25) is 4.98 Å². The number of aryl methyl sites for hydroxylation is 1. The molecular weight excluding hydrogens is 259 g/mol. The lowest BCUT2D eigenvalue weighted by Gasteiger charge is -2.14. The minimum atomic E-state index is -0.612. The number of hydrogen-bond acceptors (Lipinski definition) is 3. The Labute approximate surface area is 114 Å². The molecule has 0 spiro atoms. The van der Waals surface area contributed by atoms with Crippen LogP contribution in [0.4, 0.5) is 4.39 Å². The molecule has 0 saturated heterocycles. The quantitative estimate of drug-likeness (QED) is 0.753. The second-order valence-electron chi connectivity index (χ2n) is 4.73. The van der Waals surface area contributed by atoms with Crippen molar-refractivity contribution in [1.29, 1.82) is 0 Å².